The van der Waals surface area contributed by atoms with Crippen molar-refractivity contribution in [1.29, 1.82) is 0 Å². The van der Waals surface area contributed by atoms with E-state index in [0.717, 1.165) is 25.2 Å². The molecule has 0 radical (unpaired) electrons. The predicted molar refractivity (Wildman–Crippen MR) is 73.1 cm³/mol. The molecule has 2 heteroatoms. The van der Waals surface area contributed by atoms with Crippen LogP contribution < -0.4 is 0 Å². The number of likely N-dealkylation sites (N-methyl/N-ethyl adjacent to an activating group) is 1. The van der Waals surface area contributed by atoms with Crippen molar-refractivity contribution in [3.63, 3.8) is 0 Å². The molecule has 0 fully saturated rings. The quantitative estimate of drug-likeness (QED) is 0.819. The first-order valence-electron chi connectivity index (χ1n) is 6.50. The minimum absolute atomic E-state index is 0.380. The van der Waals surface area contributed by atoms with E-state index in [0.29, 0.717) is 5.92 Å². The van der Waals surface area contributed by atoms with Crippen LogP contribution in [-0.2, 0) is 0 Å². The molecule has 0 aliphatic rings. The molecule has 0 aliphatic heterocycles. The summed E-state index contributed by atoms with van der Waals surface area (Å²) in [5.41, 5.74) is 2.22. The first kappa shape index (κ1) is 14.2. The summed E-state index contributed by atoms with van der Waals surface area (Å²) in [5.74, 6) is 0.638. The monoisotopic (exact) mass is 235 g/mol. The highest BCUT2D eigenvalue weighted by Gasteiger charge is 2.14. The number of aliphatic hydroxyl groups excluding tert-OH is 1. The molecule has 0 bridgehead atoms. The minimum Gasteiger partial charge on any atom is -0.387 e. The lowest BCUT2D eigenvalue weighted by Gasteiger charge is -2.26. The van der Waals surface area contributed by atoms with Crippen LogP contribution in [0.5, 0.6) is 0 Å². The number of benzene rings is 1. The summed E-state index contributed by atoms with van der Waals surface area (Å²) in [6.45, 7) is 11.4. The highest BCUT2D eigenvalue weighted by atomic mass is 16.3. The van der Waals surface area contributed by atoms with Crippen molar-refractivity contribution >= 4 is 0 Å². The van der Waals surface area contributed by atoms with Crippen molar-refractivity contribution in [2.24, 2.45) is 5.92 Å². The third kappa shape index (κ3) is 4.49. The van der Waals surface area contributed by atoms with Gasteiger partial charge in [0.2, 0.25) is 0 Å². The van der Waals surface area contributed by atoms with Gasteiger partial charge in [-0.25, -0.2) is 0 Å². The molecule has 1 atom stereocenters. The number of aryl methyl sites for hydroxylation is 1. The smallest absolute Gasteiger partial charge is 0.0919 e. The Bertz CT molecular complexity index is 335. The molecule has 1 rings (SSSR count). The van der Waals surface area contributed by atoms with Crippen molar-refractivity contribution in [3.05, 3.63) is 35.4 Å². The Morgan fingerprint density at radius 2 is 1.82 bits per heavy atom. The summed E-state index contributed by atoms with van der Waals surface area (Å²) in [5, 5.41) is 10.3. The Kier molecular flexibility index (Phi) is 5.66. The van der Waals surface area contributed by atoms with Crippen LogP contribution in [-0.4, -0.2) is 29.6 Å². The van der Waals surface area contributed by atoms with Crippen LogP contribution in [0, 0.1) is 12.8 Å². The van der Waals surface area contributed by atoms with Gasteiger partial charge in [-0.3, -0.25) is 0 Å². The van der Waals surface area contributed by atoms with Crippen LogP contribution >= 0.6 is 0 Å². The van der Waals surface area contributed by atoms with Gasteiger partial charge in [-0.15, -0.1) is 0 Å². The molecular weight excluding hydrogens is 210 g/mol. The topological polar surface area (TPSA) is 23.5 Å². The maximum absolute atomic E-state index is 10.3. The molecule has 1 aromatic carbocycles. The molecule has 0 aliphatic carbocycles. The molecule has 0 saturated carbocycles. The molecular formula is C15H25NO. The lowest BCUT2D eigenvalue weighted by atomic mass is 10.0. The van der Waals surface area contributed by atoms with E-state index in [1.54, 1.807) is 0 Å². The molecule has 0 aromatic heterocycles. The van der Waals surface area contributed by atoms with Crippen molar-refractivity contribution < 1.29 is 5.11 Å². The van der Waals surface area contributed by atoms with E-state index >= 15 is 0 Å². The molecule has 2 nitrogen and oxygen atoms in total. The van der Waals surface area contributed by atoms with Crippen molar-refractivity contribution in [1.82, 2.24) is 4.90 Å². The number of rotatable bonds is 6. The van der Waals surface area contributed by atoms with Crippen molar-refractivity contribution in [3.8, 4) is 0 Å². The lowest BCUT2D eigenvalue weighted by molar-refractivity contribution is 0.109. The van der Waals surface area contributed by atoms with Gasteiger partial charge in [-0.2, -0.15) is 0 Å². The average Bonchev–Trinajstić information content (AvgIpc) is 2.27. The second-order valence-corrected chi connectivity index (χ2v) is 5.12. The summed E-state index contributed by atoms with van der Waals surface area (Å²) >= 11 is 0. The first-order valence-corrected chi connectivity index (χ1v) is 6.50. The molecule has 0 heterocycles. The zero-order valence-corrected chi connectivity index (χ0v) is 11.5. The third-order valence-electron chi connectivity index (χ3n) is 3.05. The van der Waals surface area contributed by atoms with E-state index in [1.165, 1.54) is 5.56 Å². The summed E-state index contributed by atoms with van der Waals surface area (Å²) in [4.78, 5) is 2.31. The molecule has 0 saturated heterocycles. The highest BCUT2D eigenvalue weighted by Crippen LogP contribution is 2.18. The Morgan fingerprint density at radius 3 is 2.35 bits per heavy atom. The van der Waals surface area contributed by atoms with Crippen molar-refractivity contribution in [2.45, 2.75) is 33.8 Å². The fraction of sp³-hybridized carbons (Fsp3) is 0.600. The fourth-order valence-electron chi connectivity index (χ4n) is 2.15. The van der Waals surface area contributed by atoms with E-state index in [1.807, 2.05) is 18.2 Å². The van der Waals surface area contributed by atoms with Crippen LogP contribution in [0.25, 0.3) is 0 Å². The summed E-state index contributed by atoms with van der Waals surface area (Å²) in [6, 6.07) is 8.07. The molecule has 1 unspecified atom stereocenters. The Hall–Kier alpha value is -0.860. The van der Waals surface area contributed by atoms with Gasteiger partial charge in [0.1, 0.15) is 0 Å². The number of aliphatic hydroxyl groups is 1. The predicted octanol–water partition coefficient (Wildman–Crippen LogP) is 3.01. The maximum atomic E-state index is 10.3. The average molecular weight is 235 g/mol. The van der Waals surface area contributed by atoms with Crippen LogP contribution in [0.3, 0.4) is 0 Å². The summed E-state index contributed by atoms with van der Waals surface area (Å²) in [7, 11) is 0. The number of hydrogen-bond donors (Lipinski definition) is 1. The summed E-state index contributed by atoms with van der Waals surface area (Å²) in [6.07, 6.45) is -0.380. The van der Waals surface area contributed by atoms with Gasteiger partial charge in [-0.05, 0) is 30.5 Å². The minimum atomic E-state index is -0.380. The van der Waals surface area contributed by atoms with Gasteiger partial charge in [0.15, 0.2) is 0 Å². The van der Waals surface area contributed by atoms with Crippen LogP contribution in [0.2, 0.25) is 0 Å². The number of hydrogen-bond acceptors (Lipinski definition) is 2. The van der Waals surface area contributed by atoms with Crippen LogP contribution in [0.4, 0.5) is 0 Å². The van der Waals surface area contributed by atoms with Gasteiger partial charge in [0.25, 0.3) is 0 Å². The Balaban J connectivity index is 2.64. The fourth-order valence-corrected chi connectivity index (χ4v) is 2.15. The van der Waals surface area contributed by atoms with Gasteiger partial charge in [0.05, 0.1) is 6.10 Å². The molecule has 0 amide bonds. The first-order chi connectivity index (χ1) is 8.04. The highest BCUT2D eigenvalue weighted by molar-refractivity contribution is 5.27. The van der Waals surface area contributed by atoms with Gasteiger partial charge >= 0.3 is 0 Å². The van der Waals surface area contributed by atoms with E-state index in [9.17, 15) is 5.11 Å². The molecule has 1 N–H and O–H groups in total. The SMILES string of the molecule is CCN(CC(C)C)CC(O)c1ccccc1C. The van der Waals surface area contributed by atoms with E-state index < -0.39 is 0 Å². The standard InChI is InChI=1S/C15H25NO/c1-5-16(10-12(2)3)11-15(17)14-9-7-6-8-13(14)4/h6-9,12,15,17H,5,10-11H2,1-4H3. The van der Waals surface area contributed by atoms with Gasteiger partial charge < -0.3 is 10.0 Å². The second kappa shape index (κ2) is 6.77. The zero-order valence-electron chi connectivity index (χ0n) is 11.5. The van der Waals surface area contributed by atoms with Gasteiger partial charge in [0, 0.05) is 13.1 Å². The van der Waals surface area contributed by atoms with E-state index in [4.69, 9.17) is 0 Å². The Labute approximate surface area is 105 Å². The molecule has 0 spiro atoms. The van der Waals surface area contributed by atoms with Crippen molar-refractivity contribution in [2.75, 3.05) is 19.6 Å². The zero-order chi connectivity index (χ0) is 12.8. The van der Waals surface area contributed by atoms with Gasteiger partial charge in [-0.1, -0.05) is 45.0 Å². The third-order valence-corrected chi connectivity index (χ3v) is 3.05. The molecule has 96 valence electrons. The van der Waals surface area contributed by atoms with Crippen LogP contribution in [0.15, 0.2) is 24.3 Å². The lowest BCUT2D eigenvalue weighted by Crippen LogP contribution is -2.32. The second-order valence-electron chi connectivity index (χ2n) is 5.12. The largest absolute Gasteiger partial charge is 0.387 e. The van der Waals surface area contributed by atoms with Crippen LogP contribution in [0.1, 0.15) is 38.0 Å². The van der Waals surface area contributed by atoms with E-state index in [2.05, 4.69) is 38.7 Å². The molecule has 1 aromatic rings. The number of nitrogens with zero attached hydrogens (tertiary/aromatic N) is 1. The normalized spacial score (nSPS) is 13.4. The van der Waals surface area contributed by atoms with E-state index in [-0.39, 0.29) is 6.10 Å². The summed E-state index contributed by atoms with van der Waals surface area (Å²) < 4.78 is 0. The Morgan fingerprint density at radius 1 is 1.18 bits per heavy atom. The molecule has 17 heavy (non-hydrogen) atoms. The maximum Gasteiger partial charge on any atom is 0.0919 e.